The van der Waals surface area contributed by atoms with E-state index in [4.69, 9.17) is 9.47 Å². The summed E-state index contributed by atoms with van der Waals surface area (Å²) in [5, 5.41) is 3.23. The number of pyridine rings is 2. The van der Waals surface area contributed by atoms with Crippen LogP contribution >= 0.6 is 0 Å². The molecule has 200 valence electrons. The Hall–Kier alpha value is -4.19. The predicted octanol–water partition coefficient (Wildman–Crippen LogP) is 3.50. The van der Waals surface area contributed by atoms with Gasteiger partial charge in [0.2, 0.25) is 10.0 Å². The highest BCUT2D eigenvalue weighted by atomic mass is 32.2. The van der Waals surface area contributed by atoms with Crippen molar-refractivity contribution in [2.24, 2.45) is 0 Å². The Morgan fingerprint density at radius 2 is 1.82 bits per heavy atom. The number of sulfonamides is 1. The second-order valence-electron chi connectivity index (χ2n) is 8.89. The maximum atomic E-state index is 13.2. The summed E-state index contributed by atoms with van der Waals surface area (Å²) in [6, 6.07) is 18.4. The first kappa shape index (κ1) is 26.4. The van der Waals surface area contributed by atoms with Gasteiger partial charge in [-0.3, -0.25) is 9.78 Å². The predicted molar refractivity (Wildman–Crippen MR) is 145 cm³/mol. The average molecular weight is 547 g/mol. The zero-order valence-corrected chi connectivity index (χ0v) is 21.9. The number of hydrogen-bond donors (Lipinski definition) is 1. The van der Waals surface area contributed by atoms with Crippen molar-refractivity contribution in [3.8, 4) is 11.3 Å². The molecule has 5 rings (SSSR count). The number of carbonyl (C=O) groups is 2. The number of rotatable bonds is 7. The summed E-state index contributed by atoms with van der Waals surface area (Å²) in [6.45, 7) is 2.63. The Labute approximate surface area is 225 Å². The fourth-order valence-electron chi connectivity index (χ4n) is 4.20. The molecule has 1 aliphatic rings. The molecule has 2 aromatic carbocycles. The van der Waals surface area contributed by atoms with Gasteiger partial charge in [0.05, 0.1) is 34.9 Å². The van der Waals surface area contributed by atoms with Gasteiger partial charge in [0.15, 0.2) is 6.10 Å². The monoisotopic (exact) mass is 546 g/mol. The summed E-state index contributed by atoms with van der Waals surface area (Å²) in [5.41, 5.74) is 2.41. The molecule has 3 heterocycles. The molecule has 1 fully saturated rings. The van der Waals surface area contributed by atoms with E-state index in [-0.39, 0.29) is 29.2 Å². The summed E-state index contributed by atoms with van der Waals surface area (Å²) >= 11 is 0. The molecule has 0 radical (unpaired) electrons. The molecular weight excluding hydrogens is 520 g/mol. The van der Waals surface area contributed by atoms with E-state index in [1.54, 1.807) is 54.9 Å². The highest BCUT2D eigenvalue weighted by Gasteiger charge is 2.27. The Balaban J connectivity index is 1.33. The largest absolute Gasteiger partial charge is 0.449 e. The van der Waals surface area contributed by atoms with E-state index in [1.807, 2.05) is 12.1 Å². The number of fused-ring (bicyclic) bond motifs is 1. The fourth-order valence-corrected chi connectivity index (χ4v) is 5.65. The smallest absolute Gasteiger partial charge is 0.339 e. The fraction of sp³-hybridized carbons (Fsp3) is 0.214. The summed E-state index contributed by atoms with van der Waals surface area (Å²) in [6.07, 6.45) is 2.13. The van der Waals surface area contributed by atoms with E-state index in [2.05, 4.69) is 15.3 Å². The van der Waals surface area contributed by atoms with Crippen molar-refractivity contribution >= 4 is 38.5 Å². The van der Waals surface area contributed by atoms with Crippen molar-refractivity contribution in [1.29, 1.82) is 0 Å². The molecule has 1 atom stereocenters. The number of morpholine rings is 1. The number of amides is 1. The van der Waals surface area contributed by atoms with Crippen LogP contribution in [-0.4, -0.2) is 67.0 Å². The van der Waals surface area contributed by atoms with Crippen molar-refractivity contribution in [2.75, 3.05) is 31.6 Å². The Bertz CT molecular complexity index is 1620. The molecule has 39 heavy (non-hydrogen) atoms. The zero-order chi connectivity index (χ0) is 27.4. The molecule has 11 heteroatoms. The summed E-state index contributed by atoms with van der Waals surface area (Å²) in [4.78, 5) is 34.9. The molecule has 0 unspecified atom stereocenters. The van der Waals surface area contributed by atoms with Crippen molar-refractivity contribution in [2.45, 2.75) is 17.9 Å². The number of carbonyl (C=O) groups excluding carboxylic acids is 2. The third-order valence-electron chi connectivity index (χ3n) is 6.26. The van der Waals surface area contributed by atoms with Crippen LogP contribution in [0.25, 0.3) is 22.2 Å². The highest BCUT2D eigenvalue weighted by molar-refractivity contribution is 7.89. The number of aromatic nitrogens is 2. The van der Waals surface area contributed by atoms with Crippen LogP contribution in [0.3, 0.4) is 0 Å². The molecular formula is C28H26N4O6S. The van der Waals surface area contributed by atoms with Crippen LogP contribution in [0.2, 0.25) is 0 Å². The molecule has 1 aliphatic heterocycles. The van der Waals surface area contributed by atoms with E-state index in [1.165, 1.54) is 23.4 Å². The Morgan fingerprint density at radius 1 is 1.03 bits per heavy atom. The van der Waals surface area contributed by atoms with Gasteiger partial charge in [-0.2, -0.15) is 4.31 Å². The van der Waals surface area contributed by atoms with E-state index >= 15 is 0 Å². The second kappa shape index (κ2) is 11.3. The number of nitrogens with zero attached hydrogens (tertiary/aromatic N) is 3. The van der Waals surface area contributed by atoms with Gasteiger partial charge in [-0.15, -0.1) is 0 Å². The van der Waals surface area contributed by atoms with Crippen LogP contribution < -0.4 is 5.32 Å². The molecule has 1 saturated heterocycles. The van der Waals surface area contributed by atoms with Crippen molar-refractivity contribution in [3.05, 3.63) is 84.7 Å². The van der Waals surface area contributed by atoms with Crippen LogP contribution in [0, 0.1) is 0 Å². The van der Waals surface area contributed by atoms with Crippen LogP contribution in [0.4, 0.5) is 5.69 Å². The van der Waals surface area contributed by atoms with Crippen molar-refractivity contribution in [1.82, 2.24) is 14.3 Å². The van der Waals surface area contributed by atoms with Crippen LogP contribution in [0.1, 0.15) is 17.3 Å². The number of hydrogen-bond acceptors (Lipinski definition) is 8. The van der Waals surface area contributed by atoms with Crippen molar-refractivity contribution in [3.63, 3.8) is 0 Å². The van der Waals surface area contributed by atoms with Gasteiger partial charge < -0.3 is 14.8 Å². The lowest BCUT2D eigenvalue weighted by Crippen LogP contribution is -2.40. The van der Waals surface area contributed by atoms with Gasteiger partial charge in [0, 0.05) is 42.1 Å². The average Bonchev–Trinajstić information content (AvgIpc) is 2.97. The summed E-state index contributed by atoms with van der Waals surface area (Å²) in [5.74, 6) is -1.29. The SMILES string of the molecule is C[C@@H](OC(=O)c1cc(-c2cccnc2)nc2ccccc12)C(=O)Nc1cccc(S(=O)(=O)N2CCOCC2)c1. The third-order valence-corrected chi connectivity index (χ3v) is 8.15. The van der Waals surface area contributed by atoms with Gasteiger partial charge >= 0.3 is 5.97 Å². The molecule has 1 amide bonds. The Kier molecular flexibility index (Phi) is 7.64. The molecule has 1 N–H and O–H groups in total. The quantitative estimate of drug-likeness (QED) is 0.349. The van der Waals surface area contributed by atoms with Gasteiger partial charge in [-0.05, 0) is 49.4 Å². The van der Waals surface area contributed by atoms with Gasteiger partial charge in [0.25, 0.3) is 5.91 Å². The van der Waals surface area contributed by atoms with E-state index in [9.17, 15) is 18.0 Å². The van der Waals surface area contributed by atoms with Crippen LogP contribution in [0.5, 0.6) is 0 Å². The molecule has 0 bridgehead atoms. The normalized spacial score (nSPS) is 15.0. The minimum Gasteiger partial charge on any atom is -0.449 e. The summed E-state index contributed by atoms with van der Waals surface area (Å²) < 4.78 is 38.1. The van der Waals surface area contributed by atoms with E-state index in [0.717, 1.165) is 5.56 Å². The van der Waals surface area contributed by atoms with Gasteiger partial charge in [-0.1, -0.05) is 24.3 Å². The van der Waals surface area contributed by atoms with Crippen LogP contribution in [0.15, 0.2) is 84.0 Å². The van der Waals surface area contributed by atoms with Gasteiger partial charge in [-0.25, -0.2) is 18.2 Å². The number of nitrogens with one attached hydrogen (secondary N) is 1. The Morgan fingerprint density at radius 3 is 2.59 bits per heavy atom. The minimum absolute atomic E-state index is 0.0537. The number of ether oxygens (including phenoxy) is 2. The van der Waals surface area contributed by atoms with Crippen LogP contribution in [-0.2, 0) is 24.3 Å². The first-order chi connectivity index (χ1) is 18.8. The topological polar surface area (TPSA) is 128 Å². The number of esters is 1. The number of benzene rings is 2. The summed E-state index contributed by atoms with van der Waals surface area (Å²) in [7, 11) is -3.74. The number of anilines is 1. The molecule has 2 aromatic heterocycles. The van der Waals surface area contributed by atoms with Crippen molar-refractivity contribution < 1.29 is 27.5 Å². The third kappa shape index (κ3) is 5.80. The molecule has 10 nitrogen and oxygen atoms in total. The molecule has 0 aliphatic carbocycles. The second-order valence-corrected chi connectivity index (χ2v) is 10.8. The highest BCUT2D eigenvalue weighted by Crippen LogP contribution is 2.26. The van der Waals surface area contributed by atoms with E-state index in [0.29, 0.717) is 29.8 Å². The maximum Gasteiger partial charge on any atom is 0.339 e. The lowest BCUT2D eigenvalue weighted by atomic mass is 10.0. The molecule has 0 spiro atoms. The number of para-hydroxylation sites is 1. The minimum atomic E-state index is -3.74. The standard InChI is InChI=1S/C28H26N4O6S/c1-19(27(33)30-21-7-4-8-22(16-21)39(35,36)32-12-14-37-15-13-32)38-28(34)24-17-26(20-6-5-11-29-18-20)31-25-10-3-2-9-23(24)25/h2-11,16-19H,12-15H2,1H3,(H,30,33)/t19-/m1/s1. The van der Waals surface area contributed by atoms with E-state index < -0.39 is 28.0 Å². The molecule has 0 saturated carbocycles. The first-order valence-corrected chi connectivity index (χ1v) is 13.8. The lowest BCUT2D eigenvalue weighted by molar-refractivity contribution is -0.123. The maximum absolute atomic E-state index is 13.2. The zero-order valence-electron chi connectivity index (χ0n) is 21.1. The molecule has 4 aromatic rings. The van der Waals surface area contributed by atoms with Gasteiger partial charge in [0.1, 0.15) is 0 Å². The first-order valence-electron chi connectivity index (χ1n) is 12.3. The lowest BCUT2D eigenvalue weighted by Gasteiger charge is -2.26.